The third kappa shape index (κ3) is 3.88. The fourth-order valence-corrected chi connectivity index (χ4v) is 3.23. The Kier molecular flexibility index (Phi) is 4.90. The van der Waals surface area contributed by atoms with E-state index in [1.165, 1.54) is 18.2 Å². The van der Waals surface area contributed by atoms with Gasteiger partial charge in [0.2, 0.25) is 0 Å². The number of halogens is 2. The second-order valence-electron chi connectivity index (χ2n) is 4.30. The van der Waals surface area contributed by atoms with Gasteiger partial charge in [-0.1, -0.05) is 41.4 Å². The van der Waals surface area contributed by atoms with Gasteiger partial charge in [0.1, 0.15) is 5.15 Å². The summed E-state index contributed by atoms with van der Waals surface area (Å²) in [5.74, 6) is 0. The van der Waals surface area contributed by atoms with Crippen LogP contribution in [0, 0.1) is 6.92 Å². The summed E-state index contributed by atoms with van der Waals surface area (Å²) in [6.07, 6.45) is 0. The number of carbonyl (C=O) groups excluding carboxylic acids is 1. The lowest BCUT2D eigenvalue weighted by Gasteiger charge is -2.11. The van der Waals surface area contributed by atoms with Crippen LogP contribution >= 0.6 is 23.2 Å². The number of urea groups is 1. The fraction of sp³-hybridized carbons (Fsp3) is 0.0769. The number of nitrogens with one attached hydrogen (secondary N) is 2. The van der Waals surface area contributed by atoms with Crippen LogP contribution in [0.2, 0.25) is 10.3 Å². The van der Waals surface area contributed by atoms with Crippen molar-refractivity contribution in [1.82, 2.24) is 9.71 Å². The molecule has 0 unspecified atom stereocenters. The predicted molar refractivity (Wildman–Crippen MR) is 84.8 cm³/mol. The first-order chi connectivity index (χ1) is 10.3. The number of hydrogen-bond donors (Lipinski definition) is 2. The number of amides is 2. The Morgan fingerprint density at radius 1 is 1.14 bits per heavy atom. The first kappa shape index (κ1) is 16.5. The van der Waals surface area contributed by atoms with Gasteiger partial charge in [0.05, 0.1) is 10.6 Å². The van der Waals surface area contributed by atoms with E-state index in [1.54, 1.807) is 25.1 Å². The minimum atomic E-state index is -3.98. The van der Waals surface area contributed by atoms with Crippen molar-refractivity contribution in [2.75, 3.05) is 5.32 Å². The minimum absolute atomic E-state index is 0.0190. The quantitative estimate of drug-likeness (QED) is 0.823. The smallest absolute Gasteiger partial charge is 0.304 e. The van der Waals surface area contributed by atoms with Crippen molar-refractivity contribution < 1.29 is 13.2 Å². The molecule has 0 atom stereocenters. The number of sulfonamides is 1. The molecule has 6 nitrogen and oxygen atoms in total. The van der Waals surface area contributed by atoms with E-state index in [0.29, 0.717) is 5.56 Å². The van der Waals surface area contributed by atoms with Crippen molar-refractivity contribution in [3.8, 4) is 0 Å². The number of carbonyl (C=O) groups is 1. The van der Waals surface area contributed by atoms with E-state index in [4.69, 9.17) is 23.2 Å². The molecule has 0 saturated carbocycles. The molecule has 116 valence electrons. The molecule has 9 heteroatoms. The van der Waals surface area contributed by atoms with Crippen LogP contribution in [-0.4, -0.2) is 19.4 Å². The lowest BCUT2D eigenvalue weighted by molar-refractivity contribution is 0.256. The van der Waals surface area contributed by atoms with Gasteiger partial charge in [0, 0.05) is 0 Å². The standard InChI is InChI=1S/C13H11Cl2N3O3S/c1-8-4-2-3-5-10(8)22(20,21)18-13(19)16-9-6-7-11(14)17-12(9)15/h2-7H,1H3,(H2,16,18,19). The Hall–Kier alpha value is -1.83. The summed E-state index contributed by atoms with van der Waals surface area (Å²) in [6.45, 7) is 1.63. The number of anilines is 1. The summed E-state index contributed by atoms with van der Waals surface area (Å²) in [7, 11) is -3.98. The van der Waals surface area contributed by atoms with E-state index >= 15 is 0 Å². The number of hydrogen-bond acceptors (Lipinski definition) is 4. The monoisotopic (exact) mass is 359 g/mol. The van der Waals surface area contributed by atoms with Crippen molar-refractivity contribution in [3.63, 3.8) is 0 Å². The molecule has 0 aliphatic rings. The molecule has 0 aliphatic carbocycles. The van der Waals surface area contributed by atoms with E-state index in [-0.39, 0.29) is 20.9 Å². The molecule has 22 heavy (non-hydrogen) atoms. The largest absolute Gasteiger partial charge is 0.333 e. The van der Waals surface area contributed by atoms with Gasteiger partial charge in [-0.25, -0.2) is 22.9 Å². The van der Waals surface area contributed by atoms with E-state index in [2.05, 4.69) is 10.3 Å². The Morgan fingerprint density at radius 2 is 1.82 bits per heavy atom. The lowest BCUT2D eigenvalue weighted by Crippen LogP contribution is -2.34. The van der Waals surface area contributed by atoms with Crippen molar-refractivity contribution in [2.45, 2.75) is 11.8 Å². The van der Waals surface area contributed by atoms with Gasteiger partial charge in [-0.3, -0.25) is 0 Å². The van der Waals surface area contributed by atoms with E-state index in [1.807, 2.05) is 4.72 Å². The highest BCUT2D eigenvalue weighted by Gasteiger charge is 2.20. The molecular weight excluding hydrogens is 349 g/mol. The lowest BCUT2D eigenvalue weighted by atomic mass is 10.2. The summed E-state index contributed by atoms with van der Waals surface area (Å²) >= 11 is 11.4. The average Bonchev–Trinajstić information content (AvgIpc) is 2.41. The van der Waals surface area contributed by atoms with Gasteiger partial charge in [-0.15, -0.1) is 0 Å². The first-order valence-electron chi connectivity index (χ1n) is 6.01. The third-order valence-electron chi connectivity index (χ3n) is 2.67. The van der Waals surface area contributed by atoms with Crippen LogP contribution in [0.5, 0.6) is 0 Å². The van der Waals surface area contributed by atoms with Gasteiger partial charge < -0.3 is 5.32 Å². The number of nitrogens with zero attached hydrogens (tertiary/aromatic N) is 1. The highest BCUT2D eigenvalue weighted by Crippen LogP contribution is 2.21. The SMILES string of the molecule is Cc1ccccc1S(=O)(=O)NC(=O)Nc1ccc(Cl)nc1Cl. The first-order valence-corrected chi connectivity index (χ1v) is 8.25. The zero-order valence-corrected chi connectivity index (χ0v) is 13.6. The second-order valence-corrected chi connectivity index (χ2v) is 6.69. The molecule has 0 radical (unpaired) electrons. The second kappa shape index (κ2) is 6.51. The van der Waals surface area contributed by atoms with Crippen LogP contribution in [0.3, 0.4) is 0 Å². The number of aryl methyl sites for hydroxylation is 1. The molecule has 0 aliphatic heterocycles. The Bertz CT molecular complexity index is 825. The van der Waals surface area contributed by atoms with E-state index in [9.17, 15) is 13.2 Å². The third-order valence-corrected chi connectivity index (χ3v) is 4.66. The van der Waals surface area contributed by atoms with Crippen LogP contribution in [-0.2, 0) is 10.0 Å². The minimum Gasteiger partial charge on any atom is -0.304 e. The molecule has 2 amide bonds. The van der Waals surface area contributed by atoms with Gasteiger partial charge in [-0.2, -0.15) is 0 Å². The molecule has 0 saturated heterocycles. The van der Waals surface area contributed by atoms with Gasteiger partial charge >= 0.3 is 6.03 Å². The normalized spacial score (nSPS) is 11.0. The predicted octanol–water partition coefficient (Wildman–Crippen LogP) is 3.21. The van der Waals surface area contributed by atoms with Crippen molar-refractivity contribution in [1.29, 1.82) is 0 Å². The summed E-state index contributed by atoms with van der Waals surface area (Å²) in [5.41, 5.74) is 0.664. The fourth-order valence-electron chi connectivity index (χ4n) is 1.69. The van der Waals surface area contributed by atoms with Crippen LogP contribution in [0.4, 0.5) is 10.5 Å². The molecule has 1 aromatic heterocycles. The van der Waals surface area contributed by atoms with Crippen molar-refractivity contribution >= 4 is 44.9 Å². The van der Waals surface area contributed by atoms with Crippen molar-refractivity contribution in [2.24, 2.45) is 0 Å². The number of rotatable bonds is 3. The molecule has 0 fully saturated rings. The molecule has 2 rings (SSSR count). The Balaban J connectivity index is 2.16. The summed E-state index contributed by atoms with van der Waals surface area (Å²) in [5, 5.41) is 2.41. The molecule has 0 spiro atoms. The van der Waals surface area contributed by atoms with E-state index < -0.39 is 16.1 Å². The molecule has 2 aromatic rings. The molecular formula is C13H11Cl2N3O3S. The topological polar surface area (TPSA) is 88.2 Å². The number of aromatic nitrogens is 1. The maximum Gasteiger partial charge on any atom is 0.333 e. The molecule has 0 bridgehead atoms. The maximum atomic E-state index is 12.2. The zero-order chi connectivity index (χ0) is 16.3. The molecule has 1 heterocycles. The molecule has 1 aromatic carbocycles. The maximum absolute atomic E-state index is 12.2. The highest BCUT2D eigenvalue weighted by molar-refractivity contribution is 7.90. The van der Waals surface area contributed by atoms with Gasteiger partial charge in [0.15, 0.2) is 5.15 Å². The summed E-state index contributed by atoms with van der Waals surface area (Å²) < 4.78 is 26.2. The summed E-state index contributed by atoms with van der Waals surface area (Å²) in [4.78, 5) is 15.6. The number of pyridine rings is 1. The Morgan fingerprint density at radius 3 is 2.45 bits per heavy atom. The summed E-state index contributed by atoms with van der Waals surface area (Å²) in [6, 6.07) is 8.19. The number of benzene rings is 1. The Labute approximate surface area is 137 Å². The molecule has 2 N–H and O–H groups in total. The van der Waals surface area contributed by atoms with Gasteiger partial charge in [0.25, 0.3) is 10.0 Å². The van der Waals surface area contributed by atoms with Gasteiger partial charge in [-0.05, 0) is 30.7 Å². The zero-order valence-electron chi connectivity index (χ0n) is 11.3. The van der Waals surface area contributed by atoms with E-state index in [0.717, 1.165) is 0 Å². The average molecular weight is 360 g/mol. The van der Waals surface area contributed by atoms with Crippen LogP contribution < -0.4 is 10.0 Å². The van der Waals surface area contributed by atoms with Crippen LogP contribution in [0.25, 0.3) is 0 Å². The highest BCUT2D eigenvalue weighted by atomic mass is 35.5. The van der Waals surface area contributed by atoms with Crippen LogP contribution in [0.15, 0.2) is 41.3 Å². The van der Waals surface area contributed by atoms with Crippen molar-refractivity contribution in [3.05, 3.63) is 52.3 Å². The van der Waals surface area contributed by atoms with Crippen LogP contribution in [0.1, 0.15) is 5.56 Å².